The van der Waals surface area contributed by atoms with Crippen LogP contribution >= 0.6 is 11.6 Å². The normalized spacial score (nSPS) is 10.6. The molecule has 0 bridgehead atoms. The summed E-state index contributed by atoms with van der Waals surface area (Å²) in [5.74, 6) is 0.347. The molecule has 2 aromatic carbocycles. The number of rotatable bonds is 6. The van der Waals surface area contributed by atoms with E-state index in [0.717, 1.165) is 17.0 Å². The maximum Gasteiger partial charge on any atom is 0.275 e. The summed E-state index contributed by atoms with van der Waals surface area (Å²) in [7, 11) is 0. The van der Waals surface area contributed by atoms with E-state index in [1.165, 1.54) is 18.2 Å². The van der Waals surface area contributed by atoms with Crippen molar-refractivity contribution in [3.05, 3.63) is 74.6 Å². The molecule has 0 aliphatic carbocycles. The molecule has 0 unspecified atom stereocenters. The van der Waals surface area contributed by atoms with Crippen molar-refractivity contribution in [3.63, 3.8) is 0 Å². The molecule has 0 saturated carbocycles. The van der Waals surface area contributed by atoms with Gasteiger partial charge >= 0.3 is 0 Å². The number of amides is 1. The van der Waals surface area contributed by atoms with Crippen molar-refractivity contribution in [3.8, 4) is 11.5 Å². The van der Waals surface area contributed by atoms with Gasteiger partial charge in [-0.25, -0.2) is 0 Å². The first-order valence-electron chi connectivity index (χ1n) is 8.75. The third-order valence-electron chi connectivity index (χ3n) is 4.15. The van der Waals surface area contributed by atoms with Crippen LogP contribution in [0.15, 0.2) is 42.5 Å². The number of ether oxygens (including phenoxy) is 1. The predicted octanol–water partition coefficient (Wildman–Crippen LogP) is 4.80. The Kier molecular flexibility index (Phi) is 5.84. The van der Waals surface area contributed by atoms with E-state index in [4.69, 9.17) is 16.3 Å². The summed E-state index contributed by atoms with van der Waals surface area (Å²) in [5.41, 5.74) is 2.52. The van der Waals surface area contributed by atoms with Crippen LogP contribution in [0.1, 0.15) is 17.0 Å². The molecule has 0 radical (unpaired) electrons. The molecule has 1 aromatic heterocycles. The zero-order chi connectivity index (χ0) is 21.1. The molecule has 8 nitrogen and oxygen atoms in total. The SMILES string of the molecule is Cc1cc(C)n(CC(=O)Nc2cc(Oc3ccc(Cl)c(C)c3)cc([N+](=O)[O-])c2)n1. The van der Waals surface area contributed by atoms with Crippen LogP contribution in [0.5, 0.6) is 11.5 Å². The van der Waals surface area contributed by atoms with Gasteiger partial charge in [0.05, 0.1) is 22.4 Å². The monoisotopic (exact) mass is 414 g/mol. The standard InChI is InChI=1S/C20H19ClN4O4/c1-12-6-17(4-5-19(12)21)29-18-9-15(8-16(10-18)25(27)28)22-20(26)11-24-14(3)7-13(2)23-24/h4-10H,11H2,1-3H3,(H,22,26). The van der Waals surface area contributed by atoms with Gasteiger partial charge in [0.2, 0.25) is 5.91 Å². The Hall–Kier alpha value is -3.39. The van der Waals surface area contributed by atoms with E-state index in [9.17, 15) is 14.9 Å². The number of anilines is 1. The molecule has 3 rings (SSSR count). The molecular formula is C20H19ClN4O4. The van der Waals surface area contributed by atoms with E-state index in [1.54, 1.807) is 22.9 Å². The van der Waals surface area contributed by atoms with E-state index in [2.05, 4.69) is 10.4 Å². The zero-order valence-corrected chi connectivity index (χ0v) is 16.9. The number of hydrogen-bond acceptors (Lipinski definition) is 5. The lowest BCUT2D eigenvalue weighted by Gasteiger charge is -2.11. The van der Waals surface area contributed by atoms with Gasteiger partial charge in [-0.3, -0.25) is 19.6 Å². The fourth-order valence-corrected chi connectivity index (χ4v) is 2.93. The molecule has 1 heterocycles. The van der Waals surface area contributed by atoms with E-state index < -0.39 is 4.92 Å². The summed E-state index contributed by atoms with van der Waals surface area (Å²) >= 11 is 6.01. The van der Waals surface area contributed by atoms with Gasteiger partial charge in [0.25, 0.3) is 5.69 Å². The number of halogens is 1. The smallest absolute Gasteiger partial charge is 0.275 e. The number of nitro groups is 1. The second-order valence-corrected chi connectivity index (χ2v) is 7.03. The summed E-state index contributed by atoms with van der Waals surface area (Å²) in [4.78, 5) is 23.1. The van der Waals surface area contributed by atoms with Gasteiger partial charge in [0.15, 0.2) is 0 Å². The van der Waals surface area contributed by atoms with Gasteiger partial charge in [0.1, 0.15) is 18.0 Å². The van der Waals surface area contributed by atoms with Crippen LogP contribution in [-0.2, 0) is 11.3 Å². The molecule has 0 fully saturated rings. The molecule has 0 aliphatic heterocycles. The van der Waals surface area contributed by atoms with Crippen LogP contribution < -0.4 is 10.1 Å². The summed E-state index contributed by atoms with van der Waals surface area (Å²) in [6.07, 6.45) is 0. The number of carbonyl (C=O) groups is 1. The van der Waals surface area contributed by atoms with Crippen molar-refractivity contribution in [2.45, 2.75) is 27.3 Å². The number of nitrogens with zero attached hydrogens (tertiary/aromatic N) is 3. The molecule has 1 N–H and O–H groups in total. The highest BCUT2D eigenvalue weighted by atomic mass is 35.5. The highest BCUT2D eigenvalue weighted by molar-refractivity contribution is 6.31. The summed E-state index contributed by atoms with van der Waals surface area (Å²) in [6, 6.07) is 11.0. The summed E-state index contributed by atoms with van der Waals surface area (Å²) in [6.45, 7) is 5.51. The lowest BCUT2D eigenvalue weighted by atomic mass is 10.2. The van der Waals surface area contributed by atoms with Gasteiger partial charge in [0, 0.05) is 22.8 Å². The Morgan fingerprint density at radius 1 is 1.17 bits per heavy atom. The molecule has 0 aliphatic rings. The third-order valence-corrected chi connectivity index (χ3v) is 4.57. The first kappa shape index (κ1) is 20.3. The second-order valence-electron chi connectivity index (χ2n) is 6.62. The van der Waals surface area contributed by atoms with Crippen LogP contribution in [0.25, 0.3) is 0 Å². The number of nitrogens with one attached hydrogen (secondary N) is 1. The maximum atomic E-state index is 12.4. The Balaban J connectivity index is 1.82. The first-order chi connectivity index (χ1) is 13.7. The van der Waals surface area contributed by atoms with Crippen molar-refractivity contribution < 1.29 is 14.5 Å². The van der Waals surface area contributed by atoms with E-state index >= 15 is 0 Å². The lowest BCUT2D eigenvalue weighted by molar-refractivity contribution is -0.384. The number of hydrogen-bond donors (Lipinski definition) is 1. The first-order valence-corrected chi connectivity index (χ1v) is 9.13. The average Bonchev–Trinajstić information content (AvgIpc) is 2.94. The highest BCUT2D eigenvalue weighted by Crippen LogP contribution is 2.31. The van der Waals surface area contributed by atoms with Crippen molar-refractivity contribution in [2.24, 2.45) is 0 Å². The van der Waals surface area contributed by atoms with E-state index in [-0.39, 0.29) is 29.6 Å². The Labute approximate surface area is 172 Å². The van der Waals surface area contributed by atoms with Crippen LogP contribution in [0, 0.1) is 30.9 Å². The van der Waals surface area contributed by atoms with E-state index in [0.29, 0.717) is 10.8 Å². The van der Waals surface area contributed by atoms with Crippen LogP contribution in [-0.4, -0.2) is 20.6 Å². The highest BCUT2D eigenvalue weighted by Gasteiger charge is 2.14. The quantitative estimate of drug-likeness (QED) is 0.461. The number of aryl methyl sites for hydroxylation is 3. The van der Waals surface area contributed by atoms with Gasteiger partial charge < -0.3 is 10.1 Å². The Bertz CT molecular complexity index is 1090. The molecule has 0 spiro atoms. The van der Waals surface area contributed by atoms with Crippen LogP contribution in [0.4, 0.5) is 11.4 Å². The topological polar surface area (TPSA) is 99.3 Å². The number of non-ortho nitro benzene ring substituents is 1. The minimum absolute atomic E-state index is 0.00503. The molecule has 1 amide bonds. The average molecular weight is 415 g/mol. The summed E-state index contributed by atoms with van der Waals surface area (Å²) < 4.78 is 7.30. The molecule has 0 atom stereocenters. The van der Waals surface area contributed by atoms with Gasteiger partial charge in [-0.05, 0) is 50.6 Å². The third kappa shape index (κ3) is 5.11. The van der Waals surface area contributed by atoms with Crippen molar-refractivity contribution in [1.29, 1.82) is 0 Å². The van der Waals surface area contributed by atoms with Crippen LogP contribution in [0.2, 0.25) is 5.02 Å². The molecule has 0 saturated heterocycles. The molecule has 9 heteroatoms. The second kappa shape index (κ2) is 8.32. The molecule has 150 valence electrons. The zero-order valence-electron chi connectivity index (χ0n) is 16.1. The van der Waals surface area contributed by atoms with Crippen molar-refractivity contribution >= 4 is 28.9 Å². The number of aromatic nitrogens is 2. The number of benzene rings is 2. The van der Waals surface area contributed by atoms with Gasteiger partial charge in [-0.2, -0.15) is 5.10 Å². The number of nitro benzene ring substituents is 1. The van der Waals surface area contributed by atoms with E-state index in [1.807, 2.05) is 26.8 Å². The lowest BCUT2D eigenvalue weighted by Crippen LogP contribution is -2.20. The Morgan fingerprint density at radius 2 is 1.93 bits per heavy atom. The predicted molar refractivity (Wildman–Crippen MR) is 110 cm³/mol. The maximum absolute atomic E-state index is 12.4. The molecule has 29 heavy (non-hydrogen) atoms. The minimum atomic E-state index is -0.545. The fourth-order valence-electron chi connectivity index (χ4n) is 2.81. The fraction of sp³-hybridized carbons (Fsp3) is 0.200. The molecule has 3 aromatic rings. The van der Waals surface area contributed by atoms with Crippen LogP contribution in [0.3, 0.4) is 0 Å². The van der Waals surface area contributed by atoms with Crippen molar-refractivity contribution in [2.75, 3.05) is 5.32 Å². The van der Waals surface area contributed by atoms with Gasteiger partial charge in [-0.1, -0.05) is 11.6 Å². The van der Waals surface area contributed by atoms with Gasteiger partial charge in [-0.15, -0.1) is 0 Å². The minimum Gasteiger partial charge on any atom is -0.457 e. The summed E-state index contributed by atoms with van der Waals surface area (Å²) in [5, 5.41) is 18.8. The molecular weight excluding hydrogens is 396 g/mol. The Morgan fingerprint density at radius 3 is 2.55 bits per heavy atom. The van der Waals surface area contributed by atoms with Crippen molar-refractivity contribution in [1.82, 2.24) is 9.78 Å². The largest absolute Gasteiger partial charge is 0.457 e. The number of carbonyl (C=O) groups excluding carboxylic acids is 1.